The van der Waals surface area contributed by atoms with E-state index < -0.39 is 11.0 Å². The average molecular weight is 217 g/mol. The maximum absolute atomic E-state index is 10.6. The first kappa shape index (κ1) is 10.1. The summed E-state index contributed by atoms with van der Waals surface area (Å²) < 4.78 is 0. The Morgan fingerprint density at radius 2 is 2.44 bits per heavy atom. The van der Waals surface area contributed by atoms with Gasteiger partial charge in [0, 0.05) is 24.1 Å². The number of benzene rings is 1. The Hall–Kier alpha value is -2.42. The van der Waals surface area contributed by atoms with Crippen LogP contribution in [0.15, 0.2) is 29.4 Å². The molecule has 1 atom stereocenters. The first-order valence-electron chi connectivity index (χ1n) is 4.58. The van der Waals surface area contributed by atoms with Crippen LogP contribution in [0.1, 0.15) is 18.1 Å². The van der Waals surface area contributed by atoms with Crippen molar-refractivity contribution in [2.24, 2.45) is 5.16 Å². The number of hydrogen-bond acceptors (Lipinski definition) is 5. The van der Waals surface area contributed by atoms with E-state index in [1.54, 1.807) is 12.1 Å². The minimum absolute atomic E-state index is 0.00603. The van der Waals surface area contributed by atoms with Crippen molar-refractivity contribution in [3.8, 4) is 6.07 Å². The number of rotatable bonds is 2. The predicted octanol–water partition coefficient (Wildman–Crippen LogP) is 1.94. The number of nitrogens with zero attached hydrogens (tertiary/aromatic N) is 3. The molecular formula is C10H7N3O3. The molecule has 6 nitrogen and oxygen atoms in total. The van der Waals surface area contributed by atoms with Gasteiger partial charge in [-0.05, 0) is 0 Å². The van der Waals surface area contributed by atoms with Crippen LogP contribution < -0.4 is 0 Å². The molecule has 1 aromatic rings. The standard InChI is InChI=1S/C10H7N3O3/c11-6-8-5-10(16-12-8)7-2-1-3-9(4-7)13(14)15/h1-4,10H,5H2. The molecule has 1 unspecified atom stereocenters. The molecule has 2 rings (SSSR count). The number of nitriles is 1. The van der Waals surface area contributed by atoms with E-state index in [0.29, 0.717) is 17.7 Å². The fraction of sp³-hybridized carbons (Fsp3) is 0.200. The van der Waals surface area contributed by atoms with Crippen LogP contribution in [0.25, 0.3) is 0 Å². The number of non-ortho nitro benzene ring substituents is 1. The summed E-state index contributed by atoms with van der Waals surface area (Å²) in [4.78, 5) is 15.1. The van der Waals surface area contributed by atoms with Crippen molar-refractivity contribution in [2.75, 3.05) is 0 Å². The molecule has 0 spiro atoms. The SMILES string of the molecule is N#CC1=NOC(c2cccc([N+](=O)[O-])c2)C1. The Bertz CT molecular complexity index is 504. The molecule has 1 aliphatic heterocycles. The van der Waals surface area contributed by atoms with Gasteiger partial charge in [-0.15, -0.1) is 0 Å². The summed E-state index contributed by atoms with van der Waals surface area (Å²) >= 11 is 0. The Kier molecular flexibility index (Phi) is 2.52. The van der Waals surface area contributed by atoms with E-state index in [1.807, 2.05) is 6.07 Å². The molecule has 1 heterocycles. The Labute approximate surface area is 90.9 Å². The lowest BCUT2D eigenvalue weighted by atomic mass is 10.0. The zero-order chi connectivity index (χ0) is 11.5. The van der Waals surface area contributed by atoms with Crippen molar-refractivity contribution >= 4 is 11.4 Å². The molecule has 0 bridgehead atoms. The van der Waals surface area contributed by atoms with Gasteiger partial charge in [-0.25, -0.2) is 0 Å². The average Bonchev–Trinajstić information content (AvgIpc) is 2.77. The van der Waals surface area contributed by atoms with Gasteiger partial charge in [0.2, 0.25) is 0 Å². The Morgan fingerprint density at radius 3 is 3.06 bits per heavy atom. The zero-order valence-electron chi connectivity index (χ0n) is 8.16. The largest absolute Gasteiger partial charge is 0.386 e. The lowest BCUT2D eigenvalue weighted by molar-refractivity contribution is -0.385. The molecule has 6 heteroatoms. The molecule has 1 aliphatic rings. The number of nitro benzene ring substituents is 1. The second-order valence-corrected chi connectivity index (χ2v) is 3.30. The van der Waals surface area contributed by atoms with E-state index in [1.165, 1.54) is 12.1 Å². The molecule has 0 N–H and O–H groups in total. The van der Waals surface area contributed by atoms with Gasteiger partial charge in [-0.2, -0.15) is 5.26 Å². The molecule has 0 radical (unpaired) electrons. The fourth-order valence-electron chi connectivity index (χ4n) is 1.46. The minimum Gasteiger partial charge on any atom is -0.386 e. The van der Waals surface area contributed by atoms with Crippen LogP contribution in [0.3, 0.4) is 0 Å². The van der Waals surface area contributed by atoms with Crippen molar-refractivity contribution in [1.82, 2.24) is 0 Å². The van der Waals surface area contributed by atoms with Crippen molar-refractivity contribution in [1.29, 1.82) is 5.26 Å². The topological polar surface area (TPSA) is 88.5 Å². The summed E-state index contributed by atoms with van der Waals surface area (Å²) in [6.07, 6.45) is -0.0351. The summed E-state index contributed by atoms with van der Waals surface area (Å²) in [6, 6.07) is 8.03. The maximum Gasteiger partial charge on any atom is 0.269 e. The Balaban J connectivity index is 2.21. The summed E-state index contributed by atoms with van der Waals surface area (Å²) in [5.41, 5.74) is 0.964. The third kappa shape index (κ3) is 1.83. The molecular weight excluding hydrogens is 210 g/mol. The third-order valence-electron chi connectivity index (χ3n) is 2.25. The highest BCUT2D eigenvalue weighted by atomic mass is 16.6. The van der Waals surface area contributed by atoms with E-state index >= 15 is 0 Å². The highest BCUT2D eigenvalue weighted by Gasteiger charge is 2.23. The summed E-state index contributed by atoms with van der Waals surface area (Å²) in [5, 5.41) is 22.7. The minimum atomic E-state index is -0.468. The number of oxime groups is 1. The van der Waals surface area contributed by atoms with Crippen LogP contribution in [0.5, 0.6) is 0 Å². The molecule has 0 aromatic heterocycles. The van der Waals surface area contributed by atoms with Gasteiger partial charge >= 0.3 is 0 Å². The Morgan fingerprint density at radius 1 is 1.62 bits per heavy atom. The van der Waals surface area contributed by atoms with Crippen LogP contribution in [-0.4, -0.2) is 10.6 Å². The molecule has 0 saturated heterocycles. The molecule has 1 aromatic carbocycles. The van der Waals surface area contributed by atoms with Crippen LogP contribution in [-0.2, 0) is 4.84 Å². The van der Waals surface area contributed by atoms with Crippen molar-refractivity contribution in [2.45, 2.75) is 12.5 Å². The molecule has 80 valence electrons. The van der Waals surface area contributed by atoms with Gasteiger partial charge in [0.05, 0.1) is 4.92 Å². The summed E-state index contributed by atoms with van der Waals surface area (Å²) in [6.45, 7) is 0. The highest BCUT2D eigenvalue weighted by molar-refractivity contribution is 5.99. The number of hydrogen-bond donors (Lipinski definition) is 0. The van der Waals surface area contributed by atoms with E-state index in [4.69, 9.17) is 10.1 Å². The normalized spacial score (nSPS) is 18.4. The zero-order valence-corrected chi connectivity index (χ0v) is 8.16. The molecule has 0 saturated carbocycles. The lowest BCUT2D eigenvalue weighted by Crippen LogP contribution is -1.99. The van der Waals surface area contributed by atoms with E-state index in [9.17, 15) is 10.1 Å². The quantitative estimate of drug-likeness (QED) is 0.559. The molecule has 16 heavy (non-hydrogen) atoms. The van der Waals surface area contributed by atoms with Gasteiger partial charge in [-0.3, -0.25) is 10.1 Å². The van der Waals surface area contributed by atoms with Gasteiger partial charge < -0.3 is 4.84 Å². The molecule has 0 amide bonds. The van der Waals surface area contributed by atoms with Crippen molar-refractivity contribution < 1.29 is 9.76 Å². The van der Waals surface area contributed by atoms with E-state index in [-0.39, 0.29) is 5.69 Å². The first-order valence-corrected chi connectivity index (χ1v) is 4.58. The summed E-state index contributed by atoms with van der Waals surface area (Å²) in [7, 11) is 0. The fourth-order valence-corrected chi connectivity index (χ4v) is 1.46. The monoisotopic (exact) mass is 217 g/mol. The molecule has 0 aliphatic carbocycles. The van der Waals surface area contributed by atoms with Gasteiger partial charge in [0.1, 0.15) is 6.07 Å². The molecule has 0 fully saturated rings. The second-order valence-electron chi connectivity index (χ2n) is 3.30. The van der Waals surface area contributed by atoms with Crippen LogP contribution >= 0.6 is 0 Å². The van der Waals surface area contributed by atoms with Crippen LogP contribution in [0.4, 0.5) is 5.69 Å². The lowest BCUT2D eigenvalue weighted by Gasteiger charge is -2.06. The van der Waals surface area contributed by atoms with E-state index in [2.05, 4.69) is 5.16 Å². The maximum atomic E-state index is 10.6. The smallest absolute Gasteiger partial charge is 0.269 e. The van der Waals surface area contributed by atoms with Gasteiger partial charge in [0.15, 0.2) is 11.8 Å². The van der Waals surface area contributed by atoms with Gasteiger partial charge in [-0.1, -0.05) is 17.3 Å². The van der Waals surface area contributed by atoms with Crippen molar-refractivity contribution in [3.63, 3.8) is 0 Å². The van der Waals surface area contributed by atoms with E-state index in [0.717, 1.165) is 0 Å². The van der Waals surface area contributed by atoms with Crippen molar-refractivity contribution in [3.05, 3.63) is 39.9 Å². The van der Waals surface area contributed by atoms with Gasteiger partial charge in [0.25, 0.3) is 5.69 Å². The number of nitro groups is 1. The predicted molar refractivity (Wildman–Crippen MR) is 54.6 cm³/mol. The first-order chi connectivity index (χ1) is 7.70. The van der Waals surface area contributed by atoms with Crippen LogP contribution in [0.2, 0.25) is 0 Å². The van der Waals surface area contributed by atoms with Crippen LogP contribution in [0, 0.1) is 21.4 Å². The second kappa shape index (κ2) is 3.98. The third-order valence-corrected chi connectivity index (χ3v) is 2.25. The summed E-state index contributed by atoms with van der Waals surface area (Å²) in [5.74, 6) is 0. The highest BCUT2D eigenvalue weighted by Crippen LogP contribution is 2.28.